The molecule has 0 aliphatic heterocycles. The minimum Gasteiger partial charge on any atom is -0.497 e. The predicted octanol–water partition coefficient (Wildman–Crippen LogP) is 1.62. The van der Waals surface area contributed by atoms with Crippen LogP contribution in [0.15, 0.2) is 53.6 Å². The van der Waals surface area contributed by atoms with Crippen molar-refractivity contribution < 1.29 is 22.7 Å². The zero-order chi connectivity index (χ0) is 19.9. The van der Waals surface area contributed by atoms with Crippen LogP contribution in [0.4, 0.5) is 5.69 Å². The SMILES string of the molecule is COc1cccc(/C=N\NC(=O)CN(c2ccccc2OC)S(C)(=O)=O)c1. The Hall–Kier alpha value is -3.07. The molecule has 0 atom stereocenters. The van der Waals surface area contributed by atoms with E-state index in [0.717, 1.165) is 16.1 Å². The first-order chi connectivity index (χ1) is 12.8. The van der Waals surface area contributed by atoms with Crippen LogP contribution < -0.4 is 19.2 Å². The Morgan fingerprint density at radius 1 is 1.15 bits per heavy atom. The lowest BCUT2D eigenvalue weighted by molar-refractivity contribution is -0.119. The number of hydrogen-bond acceptors (Lipinski definition) is 6. The lowest BCUT2D eigenvalue weighted by atomic mass is 10.2. The van der Waals surface area contributed by atoms with Gasteiger partial charge in [0.15, 0.2) is 0 Å². The number of ether oxygens (including phenoxy) is 2. The summed E-state index contributed by atoms with van der Waals surface area (Å²) in [5, 5.41) is 3.86. The third-order valence-corrected chi connectivity index (χ3v) is 4.66. The minimum absolute atomic E-state index is 0.273. The maximum atomic E-state index is 12.2. The van der Waals surface area contributed by atoms with Crippen molar-refractivity contribution in [3.05, 3.63) is 54.1 Å². The number of nitrogens with one attached hydrogen (secondary N) is 1. The van der Waals surface area contributed by atoms with Gasteiger partial charge in [0.05, 0.1) is 32.4 Å². The number of rotatable bonds is 8. The highest BCUT2D eigenvalue weighted by Gasteiger charge is 2.23. The van der Waals surface area contributed by atoms with Crippen LogP contribution >= 0.6 is 0 Å². The van der Waals surface area contributed by atoms with Crippen molar-refractivity contribution in [1.82, 2.24) is 5.43 Å². The van der Waals surface area contributed by atoms with E-state index < -0.39 is 22.5 Å². The van der Waals surface area contributed by atoms with E-state index in [9.17, 15) is 13.2 Å². The number of anilines is 1. The summed E-state index contributed by atoms with van der Waals surface area (Å²) in [4.78, 5) is 12.2. The molecule has 2 rings (SSSR count). The number of nitrogens with zero attached hydrogens (tertiary/aromatic N) is 2. The van der Waals surface area contributed by atoms with Crippen molar-refractivity contribution in [2.24, 2.45) is 5.10 Å². The van der Waals surface area contributed by atoms with E-state index in [4.69, 9.17) is 9.47 Å². The first-order valence-corrected chi connectivity index (χ1v) is 9.76. The Labute approximate surface area is 158 Å². The molecule has 0 saturated heterocycles. The number of amides is 1. The van der Waals surface area contributed by atoms with Crippen LogP contribution in [-0.4, -0.2) is 47.6 Å². The Morgan fingerprint density at radius 2 is 1.89 bits per heavy atom. The van der Waals surface area contributed by atoms with Gasteiger partial charge in [0, 0.05) is 0 Å². The molecule has 1 N–H and O–H groups in total. The van der Waals surface area contributed by atoms with Gasteiger partial charge in [-0.15, -0.1) is 0 Å². The van der Waals surface area contributed by atoms with E-state index in [-0.39, 0.29) is 5.69 Å². The molecule has 0 heterocycles. The van der Waals surface area contributed by atoms with Gasteiger partial charge in [0.1, 0.15) is 18.0 Å². The number of benzene rings is 2. The zero-order valence-corrected chi connectivity index (χ0v) is 16.1. The molecular formula is C18H21N3O5S. The van der Waals surface area contributed by atoms with Gasteiger partial charge in [-0.2, -0.15) is 5.10 Å². The number of carbonyl (C=O) groups excluding carboxylic acids is 1. The average Bonchev–Trinajstić information content (AvgIpc) is 2.65. The monoisotopic (exact) mass is 391 g/mol. The largest absolute Gasteiger partial charge is 0.497 e. The summed E-state index contributed by atoms with van der Waals surface area (Å²) >= 11 is 0. The topological polar surface area (TPSA) is 97.3 Å². The highest BCUT2D eigenvalue weighted by Crippen LogP contribution is 2.29. The number of para-hydroxylation sites is 2. The molecule has 0 bridgehead atoms. The molecule has 0 aliphatic carbocycles. The highest BCUT2D eigenvalue weighted by atomic mass is 32.2. The van der Waals surface area contributed by atoms with Crippen molar-refractivity contribution in [2.45, 2.75) is 0 Å². The molecule has 1 amide bonds. The molecule has 27 heavy (non-hydrogen) atoms. The second kappa shape index (κ2) is 9.04. The molecule has 0 saturated carbocycles. The van der Waals surface area contributed by atoms with Gasteiger partial charge in [-0.25, -0.2) is 13.8 Å². The van der Waals surface area contributed by atoms with Crippen molar-refractivity contribution >= 4 is 27.8 Å². The number of methoxy groups -OCH3 is 2. The highest BCUT2D eigenvalue weighted by molar-refractivity contribution is 7.92. The van der Waals surface area contributed by atoms with E-state index in [1.807, 2.05) is 0 Å². The fourth-order valence-electron chi connectivity index (χ4n) is 2.28. The quantitative estimate of drug-likeness (QED) is 0.545. The first-order valence-electron chi connectivity index (χ1n) is 7.92. The van der Waals surface area contributed by atoms with E-state index in [2.05, 4.69) is 10.5 Å². The molecule has 0 spiro atoms. The maximum Gasteiger partial charge on any atom is 0.260 e. The molecular weight excluding hydrogens is 370 g/mol. The Bertz CT molecular complexity index is 928. The van der Waals surface area contributed by atoms with Gasteiger partial charge in [-0.1, -0.05) is 24.3 Å². The number of sulfonamides is 1. The summed E-state index contributed by atoms with van der Waals surface area (Å²) in [7, 11) is -0.728. The lowest BCUT2D eigenvalue weighted by Crippen LogP contribution is -2.39. The Kier molecular flexibility index (Phi) is 6.78. The second-order valence-corrected chi connectivity index (χ2v) is 7.42. The van der Waals surface area contributed by atoms with Gasteiger partial charge in [-0.05, 0) is 29.8 Å². The normalized spacial score (nSPS) is 11.2. The molecule has 2 aromatic rings. The molecule has 0 radical (unpaired) electrons. The van der Waals surface area contributed by atoms with Gasteiger partial charge < -0.3 is 9.47 Å². The number of hydrogen-bond donors (Lipinski definition) is 1. The van der Waals surface area contributed by atoms with Crippen LogP contribution in [-0.2, 0) is 14.8 Å². The summed E-state index contributed by atoms with van der Waals surface area (Å²) in [5.74, 6) is 0.408. The van der Waals surface area contributed by atoms with Gasteiger partial charge >= 0.3 is 0 Å². The lowest BCUT2D eigenvalue weighted by Gasteiger charge is -2.23. The summed E-state index contributed by atoms with van der Waals surface area (Å²) in [6.45, 7) is -0.436. The van der Waals surface area contributed by atoms with Crippen LogP contribution in [0, 0.1) is 0 Å². The summed E-state index contributed by atoms with van der Waals surface area (Å²) < 4.78 is 35.5. The third-order valence-electron chi connectivity index (χ3n) is 3.54. The third kappa shape index (κ3) is 5.71. The molecule has 9 heteroatoms. The Morgan fingerprint density at radius 3 is 2.56 bits per heavy atom. The molecule has 0 aromatic heterocycles. The van der Waals surface area contributed by atoms with Crippen LogP contribution in [0.1, 0.15) is 5.56 Å². The van der Waals surface area contributed by atoms with Crippen molar-refractivity contribution in [3.8, 4) is 11.5 Å². The maximum absolute atomic E-state index is 12.2. The fourth-order valence-corrected chi connectivity index (χ4v) is 3.14. The van der Waals surface area contributed by atoms with Gasteiger partial charge in [0.25, 0.3) is 5.91 Å². The summed E-state index contributed by atoms with van der Waals surface area (Å²) in [5.41, 5.74) is 3.32. The molecule has 0 aliphatic rings. The molecule has 0 fully saturated rings. The van der Waals surface area contributed by atoms with E-state index in [1.165, 1.54) is 13.3 Å². The van der Waals surface area contributed by atoms with Crippen molar-refractivity contribution in [1.29, 1.82) is 0 Å². The standard InChI is InChI=1S/C18H21N3O5S/c1-25-15-8-6-7-14(11-15)12-19-20-18(22)13-21(27(3,23)24)16-9-4-5-10-17(16)26-2/h4-12H,13H2,1-3H3,(H,20,22)/b19-12-. The van der Waals surface area contributed by atoms with Crippen LogP contribution in [0.5, 0.6) is 11.5 Å². The van der Waals surface area contributed by atoms with E-state index in [1.54, 1.807) is 55.6 Å². The summed E-state index contributed by atoms with van der Waals surface area (Å²) in [6.07, 6.45) is 2.46. The Balaban J connectivity index is 2.11. The van der Waals surface area contributed by atoms with Crippen LogP contribution in [0.2, 0.25) is 0 Å². The van der Waals surface area contributed by atoms with Crippen LogP contribution in [0.3, 0.4) is 0 Å². The first kappa shape index (κ1) is 20.2. The predicted molar refractivity (Wildman–Crippen MR) is 104 cm³/mol. The van der Waals surface area contributed by atoms with E-state index in [0.29, 0.717) is 11.5 Å². The van der Waals surface area contributed by atoms with Crippen molar-refractivity contribution in [3.63, 3.8) is 0 Å². The summed E-state index contributed by atoms with van der Waals surface area (Å²) in [6, 6.07) is 13.7. The van der Waals surface area contributed by atoms with Crippen molar-refractivity contribution in [2.75, 3.05) is 31.3 Å². The number of hydrazone groups is 1. The fraction of sp³-hybridized carbons (Fsp3) is 0.222. The molecule has 8 nitrogen and oxygen atoms in total. The molecule has 2 aromatic carbocycles. The minimum atomic E-state index is -3.71. The smallest absolute Gasteiger partial charge is 0.260 e. The molecule has 144 valence electrons. The average molecular weight is 391 g/mol. The second-order valence-electron chi connectivity index (χ2n) is 5.51. The van der Waals surface area contributed by atoms with Gasteiger partial charge in [-0.3, -0.25) is 9.10 Å². The number of carbonyl (C=O) groups is 1. The zero-order valence-electron chi connectivity index (χ0n) is 15.2. The molecule has 0 unspecified atom stereocenters. The van der Waals surface area contributed by atoms with E-state index >= 15 is 0 Å². The van der Waals surface area contributed by atoms with Crippen LogP contribution in [0.25, 0.3) is 0 Å². The van der Waals surface area contributed by atoms with Gasteiger partial charge in [0.2, 0.25) is 10.0 Å².